The highest BCUT2D eigenvalue weighted by Crippen LogP contribution is 2.17. The zero-order chi connectivity index (χ0) is 11.4. The molecule has 0 aliphatic rings. The van der Waals surface area contributed by atoms with Crippen molar-refractivity contribution in [2.75, 3.05) is 0 Å². The molecule has 1 aromatic carbocycles. The highest BCUT2D eigenvalue weighted by Gasteiger charge is 2.14. The van der Waals surface area contributed by atoms with Crippen molar-refractivity contribution >= 4 is 11.7 Å². The van der Waals surface area contributed by atoms with E-state index < -0.39 is 16.9 Å². The third-order valence-corrected chi connectivity index (χ3v) is 1.67. The van der Waals surface area contributed by atoms with Crippen LogP contribution in [0.25, 0.3) is 0 Å². The second-order valence-electron chi connectivity index (χ2n) is 3.07. The molecule has 1 unspecified atom stereocenters. The number of carbonyl (C=O) groups is 1. The Hall–Kier alpha value is -1.95. The summed E-state index contributed by atoms with van der Waals surface area (Å²) in [5.74, 6) is -0.190. The minimum absolute atomic E-state index is 0.0440. The summed E-state index contributed by atoms with van der Waals surface area (Å²) in [6.07, 6.45) is 0. The molecule has 1 aromatic rings. The number of non-ortho nitro benzene ring substituents is 1. The molecule has 3 N–H and O–H groups in total. The molecule has 6 heteroatoms. The van der Waals surface area contributed by atoms with Gasteiger partial charge in [-0.2, -0.15) is 0 Å². The molecule has 0 spiro atoms. The van der Waals surface area contributed by atoms with Crippen LogP contribution in [0, 0.1) is 10.1 Å². The Morgan fingerprint density at radius 1 is 1.47 bits per heavy atom. The molecule has 0 saturated heterocycles. The fraction of sp³-hybridized carbons (Fsp3) is 0.222. The Morgan fingerprint density at radius 2 is 2.00 bits per heavy atom. The van der Waals surface area contributed by atoms with Crippen LogP contribution in [-0.2, 0) is 4.79 Å². The lowest BCUT2D eigenvalue weighted by molar-refractivity contribution is -0.401. The largest absolute Gasteiger partial charge is 0.422 e. The number of benzene rings is 1. The Labute approximate surface area is 85.8 Å². The van der Waals surface area contributed by atoms with Crippen molar-refractivity contribution in [3.05, 3.63) is 34.4 Å². The van der Waals surface area contributed by atoms with Gasteiger partial charge in [0.15, 0.2) is 6.04 Å². The Bertz CT molecular complexity index is 372. The molecule has 0 fully saturated rings. The van der Waals surface area contributed by atoms with Crippen LogP contribution in [0.5, 0.6) is 5.75 Å². The van der Waals surface area contributed by atoms with Gasteiger partial charge >= 0.3 is 5.97 Å². The predicted octanol–water partition coefficient (Wildman–Crippen LogP) is 0.131. The zero-order valence-corrected chi connectivity index (χ0v) is 8.17. The first-order chi connectivity index (χ1) is 7.00. The molecule has 0 bridgehead atoms. The van der Waals surface area contributed by atoms with Crippen LogP contribution < -0.4 is 10.5 Å². The van der Waals surface area contributed by atoms with E-state index in [1.807, 2.05) is 0 Å². The third kappa shape index (κ3) is 3.03. The van der Waals surface area contributed by atoms with Crippen molar-refractivity contribution in [2.45, 2.75) is 13.0 Å². The number of hydrogen-bond acceptors (Lipinski definition) is 4. The van der Waals surface area contributed by atoms with Gasteiger partial charge in [-0.05, 0) is 19.1 Å². The van der Waals surface area contributed by atoms with Crippen LogP contribution in [-0.4, -0.2) is 16.9 Å². The van der Waals surface area contributed by atoms with Crippen molar-refractivity contribution < 1.29 is 20.2 Å². The standard InChI is InChI=1S/C9H10N2O4/c1-6(10)9(12)15-8-4-2-7(3-5-8)11(13)14/h2-6H,10H2,1H3/p+1. The van der Waals surface area contributed by atoms with Crippen molar-refractivity contribution in [1.82, 2.24) is 0 Å². The number of rotatable bonds is 3. The Kier molecular flexibility index (Phi) is 3.35. The van der Waals surface area contributed by atoms with Crippen LogP contribution >= 0.6 is 0 Å². The molecular formula is C9H11N2O4+. The number of hydrogen-bond donors (Lipinski definition) is 1. The quantitative estimate of drug-likeness (QED) is 0.332. The van der Waals surface area contributed by atoms with Crippen LogP contribution in [0.1, 0.15) is 6.92 Å². The fourth-order valence-corrected chi connectivity index (χ4v) is 0.853. The van der Waals surface area contributed by atoms with Crippen LogP contribution in [0.15, 0.2) is 24.3 Å². The van der Waals surface area contributed by atoms with Gasteiger partial charge in [0.1, 0.15) is 5.75 Å². The maximum atomic E-state index is 11.1. The first-order valence-electron chi connectivity index (χ1n) is 4.30. The van der Waals surface area contributed by atoms with Gasteiger partial charge in [-0.3, -0.25) is 10.1 Å². The summed E-state index contributed by atoms with van der Waals surface area (Å²) in [5, 5.41) is 10.3. The summed E-state index contributed by atoms with van der Waals surface area (Å²) in [4.78, 5) is 20.9. The molecule has 0 radical (unpaired) electrons. The molecule has 0 aliphatic carbocycles. The number of ether oxygens (including phenoxy) is 1. The molecule has 6 nitrogen and oxygen atoms in total. The normalized spacial score (nSPS) is 11.9. The molecule has 0 amide bonds. The second-order valence-corrected chi connectivity index (χ2v) is 3.07. The lowest BCUT2D eigenvalue weighted by atomic mass is 10.3. The Balaban J connectivity index is 2.73. The predicted molar refractivity (Wildman–Crippen MR) is 51.1 cm³/mol. The molecule has 0 aliphatic heterocycles. The van der Waals surface area contributed by atoms with E-state index >= 15 is 0 Å². The van der Waals surface area contributed by atoms with E-state index in [1.165, 1.54) is 24.3 Å². The average molecular weight is 211 g/mol. The van der Waals surface area contributed by atoms with Gasteiger partial charge in [0.25, 0.3) is 5.69 Å². The Morgan fingerprint density at radius 3 is 2.40 bits per heavy atom. The molecule has 1 rings (SSSR count). The molecule has 0 aromatic heterocycles. The van der Waals surface area contributed by atoms with Crippen molar-refractivity contribution in [3.63, 3.8) is 0 Å². The number of carbonyl (C=O) groups excluding carboxylic acids is 1. The summed E-state index contributed by atoms with van der Waals surface area (Å²) in [7, 11) is 0. The van der Waals surface area contributed by atoms with Gasteiger partial charge < -0.3 is 10.5 Å². The number of nitro groups is 1. The van der Waals surface area contributed by atoms with Crippen molar-refractivity contribution in [1.29, 1.82) is 0 Å². The molecule has 1 atom stereocenters. The minimum Gasteiger partial charge on any atom is -0.422 e. The summed E-state index contributed by atoms with van der Waals surface area (Å²) in [5.41, 5.74) is 3.45. The van der Waals surface area contributed by atoms with E-state index in [0.29, 0.717) is 0 Å². The van der Waals surface area contributed by atoms with Crippen molar-refractivity contribution in [3.8, 4) is 5.75 Å². The second kappa shape index (κ2) is 4.52. The SMILES string of the molecule is CC([NH3+])C(=O)Oc1ccc([N+](=O)[O-])cc1. The zero-order valence-electron chi connectivity index (χ0n) is 8.17. The van der Waals surface area contributed by atoms with Gasteiger partial charge in [0.05, 0.1) is 4.92 Å². The topological polar surface area (TPSA) is 97.1 Å². The lowest BCUT2D eigenvalue weighted by Crippen LogP contribution is -2.64. The van der Waals surface area contributed by atoms with E-state index in [1.54, 1.807) is 6.92 Å². The molecule has 0 saturated carbocycles. The highest BCUT2D eigenvalue weighted by molar-refractivity contribution is 5.76. The van der Waals surface area contributed by atoms with Crippen LogP contribution in [0.4, 0.5) is 5.69 Å². The third-order valence-electron chi connectivity index (χ3n) is 1.67. The van der Waals surface area contributed by atoms with E-state index in [-0.39, 0.29) is 11.4 Å². The smallest absolute Gasteiger partial charge is 0.369 e. The number of esters is 1. The number of nitrogens with zero attached hydrogens (tertiary/aromatic N) is 1. The van der Waals surface area contributed by atoms with E-state index in [9.17, 15) is 14.9 Å². The first-order valence-corrected chi connectivity index (χ1v) is 4.30. The fourth-order valence-electron chi connectivity index (χ4n) is 0.853. The van der Waals surface area contributed by atoms with Gasteiger partial charge in [-0.1, -0.05) is 0 Å². The van der Waals surface area contributed by atoms with Gasteiger partial charge in [-0.25, -0.2) is 4.79 Å². The van der Waals surface area contributed by atoms with Gasteiger partial charge in [0.2, 0.25) is 0 Å². The summed E-state index contributed by atoms with van der Waals surface area (Å²) >= 11 is 0. The maximum absolute atomic E-state index is 11.1. The molecule has 0 heterocycles. The summed E-state index contributed by atoms with van der Waals surface area (Å²) in [6.45, 7) is 1.60. The minimum atomic E-state index is -0.518. The van der Waals surface area contributed by atoms with Gasteiger partial charge in [0, 0.05) is 12.1 Å². The van der Waals surface area contributed by atoms with E-state index in [2.05, 4.69) is 5.73 Å². The highest BCUT2D eigenvalue weighted by atomic mass is 16.6. The molecular weight excluding hydrogens is 200 g/mol. The molecule has 15 heavy (non-hydrogen) atoms. The van der Waals surface area contributed by atoms with E-state index in [4.69, 9.17) is 4.74 Å². The first kappa shape index (κ1) is 11.1. The van der Waals surface area contributed by atoms with Crippen LogP contribution in [0.3, 0.4) is 0 Å². The monoisotopic (exact) mass is 211 g/mol. The van der Waals surface area contributed by atoms with Crippen LogP contribution in [0.2, 0.25) is 0 Å². The maximum Gasteiger partial charge on any atom is 0.369 e. The van der Waals surface area contributed by atoms with Crippen molar-refractivity contribution in [2.24, 2.45) is 0 Å². The molecule has 80 valence electrons. The summed E-state index contributed by atoms with van der Waals surface area (Å²) < 4.78 is 4.89. The van der Waals surface area contributed by atoms with E-state index in [0.717, 1.165) is 0 Å². The summed E-state index contributed by atoms with van der Waals surface area (Å²) in [6, 6.07) is 4.82. The number of quaternary nitrogens is 1. The average Bonchev–Trinajstić information content (AvgIpc) is 2.18. The lowest BCUT2D eigenvalue weighted by Gasteiger charge is -2.03. The van der Waals surface area contributed by atoms with Gasteiger partial charge in [-0.15, -0.1) is 0 Å². The number of nitro benzene ring substituents is 1.